The number of aromatic nitrogens is 1. The van der Waals surface area contributed by atoms with Gasteiger partial charge in [0, 0.05) is 28.4 Å². The van der Waals surface area contributed by atoms with Crippen molar-refractivity contribution in [3.8, 4) is 0 Å². The Balaban J connectivity index is 1.66. The zero-order valence-corrected chi connectivity index (χ0v) is 13.0. The third-order valence-corrected chi connectivity index (χ3v) is 4.57. The van der Waals surface area contributed by atoms with Gasteiger partial charge in [-0.15, -0.1) is 24.0 Å². The molecule has 21 heavy (non-hydrogen) atoms. The van der Waals surface area contributed by atoms with Gasteiger partial charge < -0.3 is 5.32 Å². The second-order valence-corrected chi connectivity index (χ2v) is 6.09. The summed E-state index contributed by atoms with van der Waals surface area (Å²) in [5, 5.41) is 5.91. The van der Waals surface area contributed by atoms with Crippen molar-refractivity contribution < 1.29 is 4.79 Å². The maximum absolute atomic E-state index is 12.0. The van der Waals surface area contributed by atoms with Crippen LogP contribution in [0.5, 0.6) is 0 Å². The Labute approximate surface area is 132 Å². The van der Waals surface area contributed by atoms with E-state index < -0.39 is 0 Å². The van der Waals surface area contributed by atoms with Crippen molar-refractivity contribution in [1.29, 1.82) is 0 Å². The molecule has 0 aliphatic heterocycles. The van der Waals surface area contributed by atoms with Gasteiger partial charge in [0.2, 0.25) is 0 Å². The highest BCUT2D eigenvalue weighted by Crippen LogP contribution is 2.18. The first-order chi connectivity index (χ1) is 10.2. The number of nitrogens with zero attached hydrogens (tertiary/aromatic N) is 1. The highest BCUT2D eigenvalue weighted by atomic mass is 32.1. The summed E-state index contributed by atoms with van der Waals surface area (Å²) < 4.78 is 0. The van der Waals surface area contributed by atoms with Crippen LogP contribution in [0.25, 0.3) is 10.9 Å². The number of hydrogen-bond donors (Lipinski definition) is 2. The number of thiophene rings is 1. The molecule has 0 saturated heterocycles. The molecule has 0 aliphatic carbocycles. The Morgan fingerprint density at radius 2 is 2.14 bits per heavy atom. The number of nitrogens with one attached hydrogen (secondary N) is 1. The van der Waals surface area contributed by atoms with Gasteiger partial charge in [0.15, 0.2) is 0 Å². The highest BCUT2D eigenvalue weighted by Gasteiger charge is 2.08. The number of amides is 1. The fourth-order valence-corrected chi connectivity index (χ4v) is 3.28. The van der Waals surface area contributed by atoms with Crippen LogP contribution < -0.4 is 5.32 Å². The lowest BCUT2D eigenvalue weighted by Gasteiger charge is -2.06. The van der Waals surface area contributed by atoms with Crippen molar-refractivity contribution in [3.63, 3.8) is 0 Å². The van der Waals surface area contributed by atoms with Gasteiger partial charge in [-0.3, -0.25) is 9.78 Å². The number of pyridine rings is 1. The van der Waals surface area contributed by atoms with Crippen LogP contribution in [0.1, 0.15) is 15.2 Å². The number of rotatable bonds is 4. The molecular weight excluding hydrogens is 300 g/mol. The van der Waals surface area contributed by atoms with Crippen LogP contribution in [0, 0.1) is 0 Å². The van der Waals surface area contributed by atoms with Crippen molar-refractivity contribution in [2.24, 2.45) is 0 Å². The standard InChI is InChI=1S/C16H14N2OS2/c19-16(14-9-13(20)10-21-14)18-8-6-12-4-1-3-11-5-2-7-17-15(11)12/h1-5,7,9-10,20H,6,8H2,(H,18,19). The first kappa shape index (κ1) is 14.1. The van der Waals surface area contributed by atoms with Crippen LogP contribution >= 0.6 is 24.0 Å². The Bertz CT molecular complexity index is 777. The normalized spacial score (nSPS) is 10.7. The summed E-state index contributed by atoms with van der Waals surface area (Å²) >= 11 is 5.62. The van der Waals surface area contributed by atoms with Crippen LogP contribution in [0.2, 0.25) is 0 Å². The predicted octanol–water partition coefficient (Wildman–Crippen LogP) is 3.56. The smallest absolute Gasteiger partial charge is 0.261 e. The SMILES string of the molecule is O=C(NCCc1cccc2cccnc12)c1cc(S)cs1. The first-order valence-corrected chi connectivity index (χ1v) is 7.95. The minimum atomic E-state index is -0.0477. The lowest BCUT2D eigenvalue weighted by molar-refractivity contribution is 0.0958. The number of thiol groups is 1. The maximum Gasteiger partial charge on any atom is 0.261 e. The molecule has 1 amide bonds. The first-order valence-electron chi connectivity index (χ1n) is 6.62. The molecule has 1 N–H and O–H groups in total. The summed E-state index contributed by atoms with van der Waals surface area (Å²) in [7, 11) is 0. The van der Waals surface area contributed by atoms with Crippen molar-refractivity contribution in [2.45, 2.75) is 11.3 Å². The van der Waals surface area contributed by atoms with E-state index in [0.29, 0.717) is 11.4 Å². The van der Waals surface area contributed by atoms with E-state index in [4.69, 9.17) is 0 Å². The fourth-order valence-electron chi connectivity index (χ4n) is 2.21. The van der Waals surface area contributed by atoms with E-state index in [1.165, 1.54) is 11.3 Å². The monoisotopic (exact) mass is 314 g/mol. The van der Waals surface area contributed by atoms with Crippen molar-refractivity contribution in [2.75, 3.05) is 6.54 Å². The van der Waals surface area contributed by atoms with E-state index in [1.807, 2.05) is 29.6 Å². The molecule has 0 radical (unpaired) electrons. The maximum atomic E-state index is 12.0. The van der Waals surface area contributed by atoms with Crippen LogP contribution in [-0.2, 0) is 6.42 Å². The molecule has 2 aromatic heterocycles. The molecule has 1 aromatic carbocycles. The lowest BCUT2D eigenvalue weighted by Crippen LogP contribution is -2.24. The van der Waals surface area contributed by atoms with Gasteiger partial charge in [-0.1, -0.05) is 24.3 Å². The molecule has 3 aromatic rings. The molecular formula is C16H14N2OS2. The third kappa shape index (κ3) is 3.25. The average Bonchev–Trinajstić information content (AvgIpc) is 2.94. The second-order valence-electron chi connectivity index (χ2n) is 4.67. The average molecular weight is 314 g/mol. The Hall–Kier alpha value is -1.85. The van der Waals surface area contributed by atoms with E-state index in [0.717, 1.165) is 27.8 Å². The Morgan fingerprint density at radius 3 is 2.95 bits per heavy atom. The molecule has 2 heterocycles. The van der Waals surface area contributed by atoms with Gasteiger partial charge >= 0.3 is 0 Å². The van der Waals surface area contributed by atoms with Crippen LogP contribution in [0.15, 0.2) is 52.9 Å². The van der Waals surface area contributed by atoms with Gasteiger partial charge in [0.05, 0.1) is 10.4 Å². The van der Waals surface area contributed by atoms with Gasteiger partial charge in [0.1, 0.15) is 0 Å². The molecule has 0 saturated carbocycles. The van der Waals surface area contributed by atoms with E-state index in [2.05, 4.69) is 29.0 Å². The Kier molecular flexibility index (Phi) is 4.22. The Morgan fingerprint density at radius 1 is 1.29 bits per heavy atom. The predicted molar refractivity (Wildman–Crippen MR) is 89.4 cm³/mol. The summed E-state index contributed by atoms with van der Waals surface area (Å²) in [4.78, 5) is 17.9. The van der Waals surface area contributed by atoms with Gasteiger partial charge in [-0.05, 0) is 24.1 Å². The molecule has 0 bridgehead atoms. The molecule has 3 nitrogen and oxygen atoms in total. The molecule has 0 atom stereocenters. The zero-order chi connectivity index (χ0) is 14.7. The van der Waals surface area contributed by atoms with Gasteiger partial charge in [-0.25, -0.2) is 0 Å². The van der Waals surface area contributed by atoms with E-state index in [1.54, 1.807) is 12.3 Å². The molecule has 0 unspecified atom stereocenters. The number of hydrogen-bond acceptors (Lipinski definition) is 4. The quantitative estimate of drug-likeness (QED) is 0.723. The summed E-state index contributed by atoms with van der Waals surface area (Å²) in [6.07, 6.45) is 2.56. The van der Waals surface area contributed by atoms with Crippen LogP contribution in [0.4, 0.5) is 0 Å². The molecule has 0 fully saturated rings. The molecule has 0 spiro atoms. The van der Waals surface area contributed by atoms with Gasteiger partial charge in [0.25, 0.3) is 5.91 Å². The van der Waals surface area contributed by atoms with E-state index in [-0.39, 0.29) is 5.91 Å². The van der Waals surface area contributed by atoms with Gasteiger partial charge in [-0.2, -0.15) is 0 Å². The lowest BCUT2D eigenvalue weighted by atomic mass is 10.1. The molecule has 0 aliphatic rings. The number of benzene rings is 1. The largest absolute Gasteiger partial charge is 0.351 e. The van der Waals surface area contributed by atoms with E-state index >= 15 is 0 Å². The molecule has 5 heteroatoms. The number of carbonyl (C=O) groups is 1. The number of para-hydroxylation sites is 1. The summed E-state index contributed by atoms with van der Waals surface area (Å²) in [5.74, 6) is -0.0477. The minimum Gasteiger partial charge on any atom is -0.351 e. The number of fused-ring (bicyclic) bond motifs is 1. The van der Waals surface area contributed by atoms with Crippen molar-refractivity contribution >= 4 is 40.8 Å². The topological polar surface area (TPSA) is 42.0 Å². The van der Waals surface area contributed by atoms with Crippen molar-refractivity contribution in [1.82, 2.24) is 10.3 Å². The number of carbonyl (C=O) groups excluding carboxylic acids is 1. The van der Waals surface area contributed by atoms with Crippen LogP contribution in [0.3, 0.4) is 0 Å². The summed E-state index contributed by atoms with van der Waals surface area (Å²) in [5.41, 5.74) is 2.15. The minimum absolute atomic E-state index is 0.0477. The molecule has 3 rings (SSSR count). The summed E-state index contributed by atoms with van der Waals surface area (Å²) in [6, 6.07) is 11.9. The van der Waals surface area contributed by atoms with E-state index in [9.17, 15) is 4.79 Å². The van der Waals surface area contributed by atoms with Crippen molar-refractivity contribution in [3.05, 3.63) is 58.4 Å². The zero-order valence-electron chi connectivity index (χ0n) is 11.2. The summed E-state index contributed by atoms with van der Waals surface area (Å²) in [6.45, 7) is 0.592. The third-order valence-electron chi connectivity index (χ3n) is 3.21. The second kappa shape index (κ2) is 6.28. The fraction of sp³-hybridized carbons (Fsp3) is 0.125. The molecule has 106 valence electrons. The van der Waals surface area contributed by atoms with Crippen LogP contribution in [-0.4, -0.2) is 17.4 Å². The highest BCUT2D eigenvalue weighted by molar-refractivity contribution is 7.80.